The van der Waals surface area contributed by atoms with Crippen LogP contribution in [0.5, 0.6) is 0 Å². The fourth-order valence-corrected chi connectivity index (χ4v) is 4.14. The van der Waals surface area contributed by atoms with Crippen molar-refractivity contribution in [3.8, 4) is 11.3 Å². The number of anilines is 1. The fourth-order valence-electron chi connectivity index (χ4n) is 2.75. The van der Waals surface area contributed by atoms with Crippen molar-refractivity contribution in [1.29, 1.82) is 0 Å². The lowest BCUT2D eigenvalue weighted by Gasteiger charge is -2.18. The van der Waals surface area contributed by atoms with Crippen LogP contribution in [-0.2, 0) is 5.41 Å². The minimum absolute atomic E-state index is 0.0119. The molecule has 0 saturated carbocycles. The first-order valence-corrected chi connectivity index (χ1v) is 10.4. The lowest BCUT2D eigenvalue weighted by molar-refractivity contribution is 0.102. The molecule has 1 N–H and O–H groups in total. The van der Waals surface area contributed by atoms with Crippen LogP contribution in [0.1, 0.15) is 36.7 Å². The average molecular weight is 411 g/mol. The number of thiazole rings is 2. The minimum Gasteiger partial charge on any atom is -0.298 e. The number of fused-ring (bicyclic) bond motifs is 1. The summed E-state index contributed by atoms with van der Waals surface area (Å²) in [7, 11) is 0. The number of rotatable bonds is 3. The molecule has 0 saturated heterocycles. The van der Waals surface area contributed by atoms with Crippen molar-refractivity contribution < 1.29 is 4.79 Å². The van der Waals surface area contributed by atoms with Crippen LogP contribution in [0.4, 0.5) is 5.13 Å². The van der Waals surface area contributed by atoms with Crippen molar-refractivity contribution >= 4 is 38.7 Å². The van der Waals surface area contributed by atoms with Gasteiger partial charge in [-0.3, -0.25) is 19.3 Å². The molecule has 0 aliphatic carbocycles. The lowest BCUT2D eigenvalue weighted by Crippen LogP contribution is -2.25. The molecule has 3 aromatic heterocycles. The number of hydrogen-bond donors (Lipinski definition) is 1. The Bertz CT molecular complexity index is 1210. The molecule has 0 bridgehead atoms. The smallest absolute Gasteiger partial charge is 0.271 e. The molecule has 0 spiro atoms. The summed E-state index contributed by atoms with van der Waals surface area (Å²) in [4.78, 5) is 34.1. The second-order valence-corrected chi connectivity index (χ2v) is 9.08. The summed E-state index contributed by atoms with van der Waals surface area (Å²) in [6.45, 7) is 6.51. The van der Waals surface area contributed by atoms with Crippen LogP contribution in [0.2, 0.25) is 0 Å². The standard InChI is InChI=1S/C20H18N4O2S2/c1-20(2,3)13-6-4-12(5-7-13)15-11-28-18(22-15)23-16(25)14-10-21-19-24(17(14)26)8-9-27-19/h4-11H,1-3H3,(H,22,23,25). The van der Waals surface area contributed by atoms with Crippen molar-refractivity contribution in [1.82, 2.24) is 14.4 Å². The molecule has 0 aliphatic rings. The molecule has 0 atom stereocenters. The van der Waals surface area contributed by atoms with Gasteiger partial charge in [0.15, 0.2) is 10.1 Å². The van der Waals surface area contributed by atoms with E-state index >= 15 is 0 Å². The Balaban J connectivity index is 1.55. The van der Waals surface area contributed by atoms with E-state index in [1.165, 1.54) is 38.8 Å². The Kier molecular flexibility index (Phi) is 4.60. The Labute approximate surface area is 169 Å². The molecular formula is C20H18N4O2S2. The first kappa shape index (κ1) is 18.5. The summed E-state index contributed by atoms with van der Waals surface area (Å²) < 4.78 is 1.36. The van der Waals surface area contributed by atoms with E-state index in [-0.39, 0.29) is 11.0 Å². The molecule has 0 fully saturated rings. The molecule has 4 rings (SSSR count). The summed E-state index contributed by atoms with van der Waals surface area (Å²) in [6.07, 6.45) is 2.91. The third kappa shape index (κ3) is 3.48. The number of carbonyl (C=O) groups excluding carboxylic acids is 1. The molecule has 28 heavy (non-hydrogen) atoms. The molecular weight excluding hydrogens is 392 g/mol. The molecule has 1 amide bonds. The highest BCUT2D eigenvalue weighted by atomic mass is 32.1. The van der Waals surface area contributed by atoms with Crippen LogP contribution in [0.3, 0.4) is 0 Å². The minimum atomic E-state index is -0.512. The van der Waals surface area contributed by atoms with Gasteiger partial charge in [-0.15, -0.1) is 22.7 Å². The number of amides is 1. The van der Waals surface area contributed by atoms with Crippen molar-refractivity contribution in [3.63, 3.8) is 0 Å². The fraction of sp³-hybridized carbons (Fsp3) is 0.200. The van der Waals surface area contributed by atoms with E-state index in [0.717, 1.165) is 11.3 Å². The zero-order chi connectivity index (χ0) is 19.9. The molecule has 3 heterocycles. The van der Waals surface area contributed by atoms with Gasteiger partial charge >= 0.3 is 0 Å². The largest absolute Gasteiger partial charge is 0.298 e. The average Bonchev–Trinajstić information content (AvgIpc) is 3.31. The lowest BCUT2D eigenvalue weighted by atomic mass is 9.86. The predicted octanol–water partition coefficient (Wildman–Crippen LogP) is 4.43. The van der Waals surface area contributed by atoms with Gasteiger partial charge in [-0.25, -0.2) is 9.97 Å². The van der Waals surface area contributed by atoms with Gasteiger partial charge in [0.05, 0.1) is 5.69 Å². The van der Waals surface area contributed by atoms with E-state index in [4.69, 9.17) is 0 Å². The Morgan fingerprint density at radius 2 is 1.89 bits per heavy atom. The molecule has 8 heteroatoms. The van der Waals surface area contributed by atoms with E-state index < -0.39 is 11.5 Å². The second-order valence-electron chi connectivity index (χ2n) is 7.35. The van der Waals surface area contributed by atoms with E-state index in [1.807, 2.05) is 17.5 Å². The van der Waals surface area contributed by atoms with Crippen LogP contribution in [0.15, 0.2) is 52.2 Å². The van der Waals surface area contributed by atoms with Gasteiger partial charge in [0, 0.05) is 28.7 Å². The predicted molar refractivity (Wildman–Crippen MR) is 114 cm³/mol. The van der Waals surface area contributed by atoms with Crippen LogP contribution in [0.25, 0.3) is 16.2 Å². The van der Waals surface area contributed by atoms with Crippen molar-refractivity contribution in [2.75, 3.05) is 5.32 Å². The maximum Gasteiger partial charge on any atom is 0.271 e. The molecule has 0 aliphatic heterocycles. The number of hydrogen-bond acceptors (Lipinski definition) is 6. The van der Waals surface area contributed by atoms with Gasteiger partial charge in [0.25, 0.3) is 11.5 Å². The number of aromatic nitrogens is 3. The molecule has 0 unspecified atom stereocenters. The van der Waals surface area contributed by atoms with Crippen LogP contribution in [-0.4, -0.2) is 20.3 Å². The van der Waals surface area contributed by atoms with Gasteiger partial charge in [0.2, 0.25) is 0 Å². The summed E-state index contributed by atoms with van der Waals surface area (Å²) in [5.74, 6) is -0.512. The quantitative estimate of drug-likeness (QED) is 0.542. The highest BCUT2D eigenvalue weighted by Crippen LogP contribution is 2.28. The normalized spacial score (nSPS) is 11.7. The van der Waals surface area contributed by atoms with Gasteiger partial charge in [-0.2, -0.15) is 0 Å². The maximum atomic E-state index is 12.5. The van der Waals surface area contributed by atoms with Crippen molar-refractivity contribution in [3.05, 3.63) is 68.9 Å². The third-order valence-corrected chi connectivity index (χ3v) is 5.89. The van der Waals surface area contributed by atoms with Crippen molar-refractivity contribution in [2.45, 2.75) is 26.2 Å². The maximum absolute atomic E-state index is 12.5. The van der Waals surface area contributed by atoms with Gasteiger partial charge in [-0.1, -0.05) is 45.0 Å². The first-order chi connectivity index (χ1) is 13.3. The van der Waals surface area contributed by atoms with Gasteiger partial charge < -0.3 is 0 Å². The number of carbonyl (C=O) groups is 1. The van der Waals surface area contributed by atoms with Crippen LogP contribution < -0.4 is 10.9 Å². The van der Waals surface area contributed by atoms with Gasteiger partial charge in [-0.05, 0) is 11.0 Å². The van der Waals surface area contributed by atoms with Gasteiger partial charge in [0.1, 0.15) is 5.56 Å². The highest BCUT2D eigenvalue weighted by Gasteiger charge is 2.17. The Morgan fingerprint density at radius 3 is 2.61 bits per heavy atom. The Hall–Kier alpha value is -2.84. The molecule has 142 valence electrons. The number of benzene rings is 1. The zero-order valence-electron chi connectivity index (χ0n) is 15.6. The summed E-state index contributed by atoms with van der Waals surface area (Å²) in [6, 6.07) is 8.25. The van der Waals surface area contributed by atoms with E-state index in [9.17, 15) is 9.59 Å². The van der Waals surface area contributed by atoms with Crippen LogP contribution in [0, 0.1) is 0 Å². The Morgan fingerprint density at radius 1 is 1.14 bits per heavy atom. The summed E-state index contributed by atoms with van der Waals surface area (Å²) in [5.41, 5.74) is 2.69. The molecule has 6 nitrogen and oxygen atoms in total. The van der Waals surface area contributed by atoms with E-state index in [2.05, 4.69) is 48.2 Å². The topological polar surface area (TPSA) is 76.4 Å². The van der Waals surface area contributed by atoms with E-state index in [0.29, 0.717) is 10.1 Å². The SMILES string of the molecule is CC(C)(C)c1ccc(-c2csc(NC(=O)c3cnc4sccn4c3=O)n2)cc1. The first-order valence-electron chi connectivity index (χ1n) is 8.65. The molecule has 4 aromatic rings. The van der Waals surface area contributed by atoms with E-state index in [1.54, 1.807) is 11.6 Å². The molecule has 0 radical (unpaired) electrons. The second kappa shape index (κ2) is 6.96. The van der Waals surface area contributed by atoms with Crippen LogP contribution >= 0.6 is 22.7 Å². The summed E-state index contributed by atoms with van der Waals surface area (Å²) in [5, 5.41) is 6.78. The number of nitrogens with zero attached hydrogens (tertiary/aromatic N) is 3. The molecule has 1 aromatic carbocycles. The monoisotopic (exact) mass is 410 g/mol. The third-order valence-electron chi connectivity index (χ3n) is 4.36. The highest BCUT2D eigenvalue weighted by molar-refractivity contribution is 7.15. The number of nitrogens with one attached hydrogen (secondary N) is 1. The zero-order valence-corrected chi connectivity index (χ0v) is 17.2. The summed E-state index contributed by atoms with van der Waals surface area (Å²) >= 11 is 2.66. The van der Waals surface area contributed by atoms with Crippen molar-refractivity contribution in [2.24, 2.45) is 0 Å².